The van der Waals surface area contributed by atoms with Crippen molar-refractivity contribution in [2.75, 3.05) is 11.6 Å². The van der Waals surface area contributed by atoms with Gasteiger partial charge in [-0.25, -0.2) is 9.48 Å². The molecule has 1 N–H and O–H groups in total. The van der Waals surface area contributed by atoms with Gasteiger partial charge in [-0.15, -0.1) is 11.8 Å². The smallest absolute Gasteiger partial charge is 0.308 e. The van der Waals surface area contributed by atoms with E-state index < -0.39 is 0 Å². The maximum absolute atomic E-state index is 14.0. The highest BCUT2D eigenvalue weighted by Crippen LogP contribution is 2.39. The zero-order chi connectivity index (χ0) is 26.2. The number of para-hydroxylation sites is 1. The van der Waals surface area contributed by atoms with Gasteiger partial charge in [0.25, 0.3) is 0 Å². The van der Waals surface area contributed by atoms with Crippen LogP contribution in [0, 0.1) is 6.92 Å². The van der Waals surface area contributed by atoms with Crippen molar-refractivity contribution < 1.29 is 4.79 Å². The Balaban J connectivity index is 1.52. The maximum Gasteiger partial charge on any atom is 0.322 e. The number of nitrogens with one attached hydrogen (secondary N) is 1. The highest BCUT2D eigenvalue weighted by Gasteiger charge is 2.36. The van der Waals surface area contributed by atoms with Gasteiger partial charge in [-0.2, -0.15) is 5.10 Å². The molecule has 1 aliphatic heterocycles. The van der Waals surface area contributed by atoms with Crippen molar-refractivity contribution in [3.63, 3.8) is 0 Å². The molecule has 0 bridgehead atoms. The van der Waals surface area contributed by atoms with Crippen LogP contribution in [0.4, 0.5) is 10.5 Å². The summed E-state index contributed by atoms with van der Waals surface area (Å²) < 4.78 is 4.15. The fourth-order valence-electron chi connectivity index (χ4n) is 5.01. The number of thioether (sulfide) groups is 1. The van der Waals surface area contributed by atoms with Gasteiger partial charge >= 0.3 is 6.03 Å². The van der Waals surface area contributed by atoms with Crippen LogP contribution in [0.5, 0.6) is 0 Å². The van der Waals surface area contributed by atoms with E-state index in [2.05, 4.69) is 52.7 Å². The average Bonchev–Trinajstić information content (AvgIpc) is 3.51. The van der Waals surface area contributed by atoms with Crippen LogP contribution in [0.15, 0.2) is 102 Å². The predicted molar refractivity (Wildman–Crippen MR) is 154 cm³/mol. The SMILES string of the molecule is CSc1ccc(C2c3cccn3-c3c(c(C)nn3-c3ccccc3)CN2C(=O)Nc2ccc(Cl)cc2)cc1. The molecule has 6 rings (SSSR count). The van der Waals surface area contributed by atoms with Gasteiger partial charge in [-0.1, -0.05) is 41.9 Å². The molecule has 2 amide bonds. The average molecular weight is 540 g/mol. The normalized spacial score (nSPS) is 14.5. The van der Waals surface area contributed by atoms with Crippen LogP contribution in [0.3, 0.4) is 0 Å². The number of hydrogen-bond acceptors (Lipinski definition) is 3. The monoisotopic (exact) mass is 539 g/mol. The van der Waals surface area contributed by atoms with Crippen molar-refractivity contribution in [3.8, 4) is 11.5 Å². The highest BCUT2D eigenvalue weighted by atomic mass is 35.5. The van der Waals surface area contributed by atoms with Gasteiger partial charge in [0.1, 0.15) is 5.82 Å². The Labute approximate surface area is 230 Å². The third-order valence-corrected chi connectivity index (χ3v) is 7.87. The molecule has 1 aliphatic rings. The number of hydrogen-bond donors (Lipinski definition) is 1. The van der Waals surface area contributed by atoms with E-state index in [1.54, 1.807) is 23.9 Å². The maximum atomic E-state index is 14.0. The van der Waals surface area contributed by atoms with E-state index in [9.17, 15) is 4.79 Å². The summed E-state index contributed by atoms with van der Waals surface area (Å²) in [5.41, 5.74) is 5.57. The van der Waals surface area contributed by atoms with Crippen LogP contribution in [-0.2, 0) is 6.54 Å². The second kappa shape index (κ2) is 10.1. The molecule has 38 heavy (non-hydrogen) atoms. The zero-order valence-corrected chi connectivity index (χ0v) is 22.6. The minimum Gasteiger partial charge on any atom is -0.308 e. The number of amides is 2. The lowest BCUT2D eigenvalue weighted by atomic mass is 10.0. The second-order valence-electron chi connectivity index (χ2n) is 9.18. The standard InChI is InChI=1S/C30H26ClN5OS/c1-20-26-19-35(30(37)32-23-14-12-22(31)13-15-23)28(21-10-16-25(38-2)17-11-21)27-9-6-18-34(27)29(26)36(33-20)24-7-4-3-5-8-24/h3-18,28H,19H2,1-2H3,(H,32,37). The Kier molecular flexibility index (Phi) is 6.47. The van der Waals surface area contributed by atoms with Gasteiger partial charge in [0.2, 0.25) is 0 Å². The molecule has 3 heterocycles. The van der Waals surface area contributed by atoms with Crippen LogP contribution in [0.25, 0.3) is 11.5 Å². The van der Waals surface area contributed by atoms with E-state index in [0.29, 0.717) is 17.3 Å². The number of urea groups is 1. The van der Waals surface area contributed by atoms with Crippen LogP contribution >= 0.6 is 23.4 Å². The summed E-state index contributed by atoms with van der Waals surface area (Å²) in [5, 5.41) is 8.62. The van der Waals surface area contributed by atoms with Crippen molar-refractivity contribution in [2.45, 2.75) is 24.4 Å². The molecule has 0 spiro atoms. The fraction of sp³-hybridized carbons (Fsp3) is 0.133. The molecular formula is C30H26ClN5OS. The number of aryl methyl sites for hydroxylation is 1. The third-order valence-electron chi connectivity index (χ3n) is 6.87. The minimum absolute atomic E-state index is 0.196. The Morgan fingerprint density at radius 3 is 2.42 bits per heavy atom. The van der Waals surface area contributed by atoms with Crippen LogP contribution < -0.4 is 5.32 Å². The summed E-state index contributed by atoms with van der Waals surface area (Å²) in [6.07, 6.45) is 4.12. The van der Waals surface area contributed by atoms with Gasteiger partial charge in [0, 0.05) is 27.4 Å². The topological polar surface area (TPSA) is 55.1 Å². The van der Waals surface area contributed by atoms with Crippen molar-refractivity contribution in [1.29, 1.82) is 0 Å². The summed E-state index contributed by atoms with van der Waals surface area (Å²) in [5.74, 6) is 0.946. The first-order chi connectivity index (χ1) is 18.5. The molecule has 0 radical (unpaired) electrons. The van der Waals surface area contributed by atoms with E-state index >= 15 is 0 Å². The van der Waals surface area contributed by atoms with Gasteiger partial charge in [-0.05, 0) is 79.4 Å². The number of fused-ring (bicyclic) bond motifs is 3. The summed E-state index contributed by atoms with van der Waals surface area (Å²) in [6, 6.07) is 29.3. The number of carbonyl (C=O) groups is 1. The van der Waals surface area contributed by atoms with Gasteiger partial charge in [0.15, 0.2) is 0 Å². The first kappa shape index (κ1) is 24.4. The first-order valence-electron chi connectivity index (χ1n) is 12.3. The number of anilines is 1. The quantitative estimate of drug-likeness (QED) is 0.241. The lowest BCUT2D eigenvalue weighted by molar-refractivity contribution is 0.194. The lowest BCUT2D eigenvalue weighted by Crippen LogP contribution is -2.38. The summed E-state index contributed by atoms with van der Waals surface area (Å²) in [7, 11) is 0. The fourth-order valence-corrected chi connectivity index (χ4v) is 5.55. The Hall–Kier alpha value is -3.94. The summed E-state index contributed by atoms with van der Waals surface area (Å²) in [4.78, 5) is 17.1. The van der Waals surface area contributed by atoms with Gasteiger partial charge in [-0.3, -0.25) is 0 Å². The molecular weight excluding hydrogens is 514 g/mol. The molecule has 0 aliphatic carbocycles. The largest absolute Gasteiger partial charge is 0.322 e. The van der Waals surface area contributed by atoms with E-state index in [1.807, 2.05) is 65.0 Å². The first-order valence-corrected chi connectivity index (χ1v) is 13.9. The Morgan fingerprint density at radius 1 is 0.974 bits per heavy atom. The number of carbonyl (C=O) groups excluding carboxylic acids is 1. The molecule has 3 aromatic carbocycles. The van der Waals surface area contributed by atoms with E-state index in [-0.39, 0.29) is 12.1 Å². The number of nitrogens with zero attached hydrogens (tertiary/aromatic N) is 4. The van der Waals surface area contributed by atoms with E-state index in [0.717, 1.165) is 34.0 Å². The molecule has 0 fully saturated rings. The third kappa shape index (κ3) is 4.38. The van der Waals surface area contributed by atoms with Crippen LogP contribution in [-0.4, -0.2) is 31.5 Å². The van der Waals surface area contributed by atoms with E-state index in [1.165, 1.54) is 4.90 Å². The summed E-state index contributed by atoms with van der Waals surface area (Å²) in [6.45, 7) is 2.40. The molecule has 8 heteroatoms. The molecule has 1 unspecified atom stereocenters. The van der Waals surface area contributed by atoms with Crippen molar-refractivity contribution in [2.24, 2.45) is 0 Å². The van der Waals surface area contributed by atoms with Gasteiger partial charge in [0.05, 0.1) is 29.7 Å². The number of halogens is 1. The molecule has 2 aromatic heterocycles. The van der Waals surface area contributed by atoms with Crippen LogP contribution in [0.1, 0.15) is 28.6 Å². The molecule has 5 aromatic rings. The predicted octanol–water partition coefficient (Wildman–Crippen LogP) is 7.48. The van der Waals surface area contributed by atoms with E-state index in [4.69, 9.17) is 16.7 Å². The van der Waals surface area contributed by atoms with Crippen LogP contribution in [0.2, 0.25) is 5.02 Å². The van der Waals surface area contributed by atoms with Gasteiger partial charge < -0.3 is 14.8 Å². The van der Waals surface area contributed by atoms with Crippen molar-refractivity contribution in [1.82, 2.24) is 19.2 Å². The van der Waals surface area contributed by atoms with Crippen molar-refractivity contribution >= 4 is 35.1 Å². The van der Waals surface area contributed by atoms with Crippen molar-refractivity contribution in [3.05, 3.63) is 125 Å². The molecule has 0 saturated carbocycles. The molecule has 0 saturated heterocycles. The zero-order valence-electron chi connectivity index (χ0n) is 21.0. The minimum atomic E-state index is -0.316. The lowest BCUT2D eigenvalue weighted by Gasteiger charge is -2.31. The Bertz CT molecular complexity index is 1590. The Morgan fingerprint density at radius 2 is 1.71 bits per heavy atom. The highest BCUT2D eigenvalue weighted by molar-refractivity contribution is 7.98. The molecule has 1 atom stereocenters. The molecule has 6 nitrogen and oxygen atoms in total. The number of rotatable bonds is 4. The summed E-state index contributed by atoms with van der Waals surface area (Å²) >= 11 is 7.78. The number of aromatic nitrogens is 3. The second-order valence-corrected chi connectivity index (χ2v) is 10.5. The number of benzene rings is 3. The molecule has 190 valence electrons.